The van der Waals surface area contributed by atoms with Crippen molar-refractivity contribution in [3.8, 4) is 0 Å². The summed E-state index contributed by atoms with van der Waals surface area (Å²) >= 11 is 3.41. The highest BCUT2D eigenvalue weighted by Gasteiger charge is 2.18. The Morgan fingerprint density at radius 1 is 1.30 bits per heavy atom. The molecule has 0 aliphatic carbocycles. The minimum absolute atomic E-state index is 0.0390. The summed E-state index contributed by atoms with van der Waals surface area (Å²) < 4.78 is 0. The summed E-state index contributed by atoms with van der Waals surface area (Å²) in [6.45, 7) is 5.45. The van der Waals surface area contributed by atoms with Gasteiger partial charge in [0.2, 0.25) is 0 Å². The van der Waals surface area contributed by atoms with Crippen molar-refractivity contribution in [1.29, 1.82) is 0 Å². The number of halogens is 1. The Kier molecular flexibility index (Phi) is 6.05. The van der Waals surface area contributed by atoms with E-state index in [1.54, 1.807) is 0 Å². The zero-order chi connectivity index (χ0) is 14.4. The van der Waals surface area contributed by atoms with Gasteiger partial charge in [-0.25, -0.2) is 0 Å². The molecule has 0 spiro atoms. The fourth-order valence-electron chi connectivity index (χ4n) is 2.57. The summed E-state index contributed by atoms with van der Waals surface area (Å²) in [5.74, 6) is 0.0390. The lowest BCUT2D eigenvalue weighted by molar-refractivity contribution is 0.0926. The van der Waals surface area contributed by atoms with E-state index in [1.807, 2.05) is 24.3 Å². The van der Waals surface area contributed by atoms with Gasteiger partial charge in [-0.2, -0.15) is 0 Å². The molecule has 4 heteroatoms. The molecule has 2 rings (SSSR count). The van der Waals surface area contributed by atoms with Gasteiger partial charge in [0, 0.05) is 23.5 Å². The minimum atomic E-state index is 0.0390. The van der Waals surface area contributed by atoms with Crippen molar-refractivity contribution >= 4 is 21.8 Å². The van der Waals surface area contributed by atoms with Gasteiger partial charge in [-0.3, -0.25) is 4.79 Å². The summed E-state index contributed by atoms with van der Waals surface area (Å²) in [5, 5.41) is 3.98. The fraction of sp³-hybridized carbons (Fsp3) is 0.562. The van der Waals surface area contributed by atoms with E-state index in [9.17, 15) is 4.79 Å². The Balaban J connectivity index is 1.90. The molecule has 0 aromatic heterocycles. The van der Waals surface area contributed by atoms with Crippen molar-refractivity contribution in [2.75, 3.05) is 19.6 Å². The van der Waals surface area contributed by atoms with Crippen LogP contribution in [0.1, 0.15) is 42.1 Å². The first-order chi connectivity index (χ1) is 9.72. The lowest BCUT2D eigenvalue weighted by atomic mass is 10.1. The monoisotopic (exact) mass is 338 g/mol. The first kappa shape index (κ1) is 15.5. The van der Waals surface area contributed by atoms with Crippen LogP contribution in [0.3, 0.4) is 0 Å². The summed E-state index contributed by atoms with van der Waals surface area (Å²) in [4.78, 5) is 14.7. The molecule has 0 radical (unpaired) electrons. The molecule has 1 amide bonds. The quantitative estimate of drug-likeness (QED) is 0.808. The van der Waals surface area contributed by atoms with Crippen LogP contribution < -0.4 is 5.32 Å². The van der Waals surface area contributed by atoms with E-state index in [4.69, 9.17) is 0 Å². The molecular formula is C16H23BrN2O. The number of benzene rings is 1. The van der Waals surface area contributed by atoms with Gasteiger partial charge in [0.15, 0.2) is 0 Å². The van der Waals surface area contributed by atoms with E-state index in [2.05, 4.69) is 33.1 Å². The number of hydrogen-bond acceptors (Lipinski definition) is 2. The molecule has 1 unspecified atom stereocenters. The molecule has 1 aromatic carbocycles. The average molecular weight is 339 g/mol. The molecule has 1 aliphatic heterocycles. The van der Waals surface area contributed by atoms with Gasteiger partial charge in [0.05, 0.1) is 0 Å². The molecule has 1 aliphatic rings. The van der Waals surface area contributed by atoms with Crippen LogP contribution in [0, 0.1) is 0 Å². The van der Waals surface area contributed by atoms with Crippen LogP contribution in [0.25, 0.3) is 0 Å². The maximum absolute atomic E-state index is 12.2. The van der Waals surface area contributed by atoms with Gasteiger partial charge in [-0.05, 0) is 50.0 Å². The zero-order valence-electron chi connectivity index (χ0n) is 12.1. The highest BCUT2D eigenvalue weighted by atomic mass is 79.9. The number of carbonyl (C=O) groups excluding carboxylic acids is 1. The van der Waals surface area contributed by atoms with Crippen molar-refractivity contribution in [3.05, 3.63) is 35.4 Å². The van der Waals surface area contributed by atoms with Gasteiger partial charge >= 0.3 is 0 Å². The van der Waals surface area contributed by atoms with Crippen LogP contribution >= 0.6 is 15.9 Å². The number of nitrogens with zero attached hydrogens (tertiary/aromatic N) is 1. The van der Waals surface area contributed by atoms with Crippen molar-refractivity contribution in [2.24, 2.45) is 0 Å². The molecule has 1 saturated heterocycles. The summed E-state index contributed by atoms with van der Waals surface area (Å²) in [7, 11) is 0. The second kappa shape index (κ2) is 7.79. The normalized spacial score (nSPS) is 17.1. The second-order valence-corrected chi connectivity index (χ2v) is 5.98. The summed E-state index contributed by atoms with van der Waals surface area (Å²) in [6.07, 6.45) is 3.55. The van der Waals surface area contributed by atoms with Crippen LogP contribution in [0.15, 0.2) is 24.3 Å². The maximum Gasteiger partial charge on any atom is 0.251 e. The van der Waals surface area contributed by atoms with Crippen LogP contribution in [-0.4, -0.2) is 36.5 Å². The third kappa shape index (κ3) is 4.32. The van der Waals surface area contributed by atoms with E-state index >= 15 is 0 Å². The Labute approximate surface area is 129 Å². The third-order valence-corrected chi connectivity index (χ3v) is 4.52. The molecule has 1 heterocycles. The number of likely N-dealkylation sites (tertiary alicyclic amines) is 1. The van der Waals surface area contributed by atoms with Crippen molar-refractivity contribution < 1.29 is 4.79 Å². The van der Waals surface area contributed by atoms with Crippen LogP contribution in [0.2, 0.25) is 0 Å². The molecule has 110 valence electrons. The van der Waals surface area contributed by atoms with E-state index in [-0.39, 0.29) is 11.9 Å². The van der Waals surface area contributed by atoms with Crippen LogP contribution in [0.5, 0.6) is 0 Å². The predicted molar refractivity (Wildman–Crippen MR) is 86.3 cm³/mol. The van der Waals surface area contributed by atoms with E-state index in [0.717, 1.165) is 23.9 Å². The van der Waals surface area contributed by atoms with Gasteiger partial charge < -0.3 is 10.2 Å². The second-order valence-electron chi connectivity index (χ2n) is 5.42. The van der Waals surface area contributed by atoms with Gasteiger partial charge in [-0.1, -0.05) is 35.0 Å². The van der Waals surface area contributed by atoms with Gasteiger partial charge in [-0.15, -0.1) is 0 Å². The zero-order valence-corrected chi connectivity index (χ0v) is 13.7. The lowest BCUT2D eigenvalue weighted by Gasteiger charge is -2.23. The van der Waals surface area contributed by atoms with Crippen molar-refractivity contribution in [3.63, 3.8) is 0 Å². The SMILES string of the molecule is CCC(CN1CCCC1)NC(=O)c1ccc(CBr)cc1. The number of carbonyl (C=O) groups is 1. The molecule has 0 bridgehead atoms. The maximum atomic E-state index is 12.2. The van der Waals surface area contributed by atoms with E-state index in [0.29, 0.717) is 0 Å². The smallest absolute Gasteiger partial charge is 0.251 e. The van der Waals surface area contributed by atoms with E-state index in [1.165, 1.54) is 31.5 Å². The Bertz CT molecular complexity index is 427. The fourth-order valence-corrected chi connectivity index (χ4v) is 2.94. The number of hydrogen-bond donors (Lipinski definition) is 1. The number of rotatable bonds is 6. The van der Waals surface area contributed by atoms with Gasteiger partial charge in [0.1, 0.15) is 0 Å². The number of amides is 1. The van der Waals surface area contributed by atoms with Crippen LogP contribution in [-0.2, 0) is 5.33 Å². The molecule has 1 aromatic rings. The standard InChI is InChI=1S/C16H23BrN2O/c1-2-15(12-19-9-3-4-10-19)18-16(20)14-7-5-13(11-17)6-8-14/h5-8,15H,2-4,9-12H2,1H3,(H,18,20). The number of alkyl halides is 1. The highest BCUT2D eigenvalue weighted by molar-refractivity contribution is 9.08. The lowest BCUT2D eigenvalue weighted by Crippen LogP contribution is -2.42. The molecular weight excluding hydrogens is 316 g/mol. The predicted octanol–water partition coefficient (Wildman–Crippen LogP) is 3.19. The summed E-state index contributed by atoms with van der Waals surface area (Å²) in [6, 6.07) is 8.02. The first-order valence-electron chi connectivity index (χ1n) is 7.41. The minimum Gasteiger partial charge on any atom is -0.348 e. The summed E-state index contributed by atoms with van der Waals surface area (Å²) in [5.41, 5.74) is 1.93. The van der Waals surface area contributed by atoms with Gasteiger partial charge in [0.25, 0.3) is 5.91 Å². The first-order valence-corrected chi connectivity index (χ1v) is 8.53. The molecule has 1 atom stereocenters. The van der Waals surface area contributed by atoms with Crippen molar-refractivity contribution in [1.82, 2.24) is 10.2 Å². The Hall–Kier alpha value is -0.870. The topological polar surface area (TPSA) is 32.3 Å². The van der Waals surface area contributed by atoms with E-state index < -0.39 is 0 Å². The Morgan fingerprint density at radius 3 is 2.50 bits per heavy atom. The Morgan fingerprint density at radius 2 is 1.95 bits per heavy atom. The highest BCUT2D eigenvalue weighted by Crippen LogP contribution is 2.11. The largest absolute Gasteiger partial charge is 0.348 e. The number of nitrogens with one attached hydrogen (secondary N) is 1. The molecule has 20 heavy (non-hydrogen) atoms. The molecule has 3 nitrogen and oxygen atoms in total. The molecule has 0 saturated carbocycles. The molecule has 1 fully saturated rings. The van der Waals surface area contributed by atoms with Crippen LogP contribution in [0.4, 0.5) is 0 Å². The van der Waals surface area contributed by atoms with Crippen molar-refractivity contribution in [2.45, 2.75) is 37.6 Å². The molecule has 1 N–H and O–H groups in total. The third-order valence-electron chi connectivity index (χ3n) is 3.88. The average Bonchev–Trinajstić information content (AvgIpc) is 2.99.